The molecule has 140 valence electrons. The van der Waals surface area contributed by atoms with Gasteiger partial charge in [-0.2, -0.15) is 0 Å². The van der Waals surface area contributed by atoms with Gasteiger partial charge >= 0.3 is 12.1 Å². The summed E-state index contributed by atoms with van der Waals surface area (Å²) in [5.41, 5.74) is 0.524. The van der Waals surface area contributed by atoms with E-state index in [1.807, 2.05) is 0 Å². The van der Waals surface area contributed by atoms with Crippen molar-refractivity contribution in [1.29, 1.82) is 0 Å². The van der Waals surface area contributed by atoms with Gasteiger partial charge in [-0.15, -0.1) is 0 Å². The van der Waals surface area contributed by atoms with Crippen molar-refractivity contribution in [2.24, 2.45) is 0 Å². The molecule has 1 spiro atoms. The van der Waals surface area contributed by atoms with E-state index in [4.69, 9.17) is 0 Å². The van der Waals surface area contributed by atoms with E-state index in [1.54, 1.807) is 24.3 Å². The minimum absolute atomic E-state index is 0.361. The highest BCUT2D eigenvalue weighted by atomic mass is 19.1. The summed E-state index contributed by atoms with van der Waals surface area (Å²) in [4.78, 5) is 24.5. The molecule has 2 heterocycles. The van der Waals surface area contributed by atoms with Crippen molar-refractivity contribution >= 4 is 12.1 Å². The number of urea groups is 2. The topological polar surface area (TPSA) is 82.3 Å². The van der Waals surface area contributed by atoms with Crippen LogP contribution in [0, 0.1) is 11.6 Å². The van der Waals surface area contributed by atoms with Gasteiger partial charge in [-0.25, -0.2) is 18.4 Å². The average molecular weight is 372 g/mol. The van der Waals surface area contributed by atoms with Crippen LogP contribution in [-0.2, 0) is 0 Å². The third-order valence-corrected chi connectivity index (χ3v) is 4.97. The Morgan fingerprint density at radius 2 is 1.07 bits per heavy atom. The third kappa shape index (κ3) is 3.55. The van der Waals surface area contributed by atoms with Crippen LogP contribution in [0.25, 0.3) is 0 Å². The first-order valence-electron chi connectivity index (χ1n) is 8.61. The van der Waals surface area contributed by atoms with E-state index in [1.165, 1.54) is 24.3 Å². The molecule has 4 N–H and O–H groups in total. The monoisotopic (exact) mass is 372 g/mol. The van der Waals surface area contributed by atoms with Gasteiger partial charge in [-0.3, -0.25) is 0 Å². The molecule has 2 unspecified atom stereocenters. The van der Waals surface area contributed by atoms with E-state index in [2.05, 4.69) is 21.3 Å². The Labute approximate surface area is 154 Å². The summed E-state index contributed by atoms with van der Waals surface area (Å²) < 4.78 is 26.4. The van der Waals surface area contributed by atoms with E-state index in [0.717, 1.165) is 11.1 Å². The Morgan fingerprint density at radius 3 is 1.44 bits per heavy atom. The molecule has 2 saturated heterocycles. The Bertz CT molecular complexity index is 797. The standard InChI is InChI=1S/C19H18F2N4O2/c20-13-5-1-11(2-6-13)15-9-19(24-17(26)22-15)10-16(23-18(27)25-19)12-3-7-14(21)8-4-12/h1-8,15-16H,9-10H2,(H2,22,24,26)(H2,23,25,27). The van der Waals surface area contributed by atoms with Gasteiger partial charge in [0.2, 0.25) is 0 Å². The van der Waals surface area contributed by atoms with Crippen LogP contribution in [0.15, 0.2) is 48.5 Å². The summed E-state index contributed by atoms with van der Waals surface area (Å²) in [6.45, 7) is 0. The largest absolute Gasteiger partial charge is 0.331 e. The van der Waals surface area contributed by atoms with E-state index >= 15 is 0 Å². The highest BCUT2D eigenvalue weighted by Crippen LogP contribution is 2.35. The number of rotatable bonds is 2. The van der Waals surface area contributed by atoms with Gasteiger partial charge in [0.25, 0.3) is 0 Å². The number of hydrogen-bond donors (Lipinski definition) is 4. The predicted octanol–water partition coefficient (Wildman–Crippen LogP) is 2.85. The summed E-state index contributed by atoms with van der Waals surface area (Å²) in [5.74, 6) is -0.722. The first kappa shape index (κ1) is 17.3. The van der Waals surface area contributed by atoms with Gasteiger partial charge in [-0.05, 0) is 35.4 Å². The second-order valence-electron chi connectivity index (χ2n) is 6.90. The maximum absolute atomic E-state index is 13.2. The Morgan fingerprint density at radius 1 is 0.704 bits per heavy atom. The molecule has 2 atom stereocenters. The van der Waals surface area contributed by atoms with Gasteiger partial charge in [0.1, 0.15) is 17.3 Å². The van der Waals surface area contributed by atoms with Crippen molar-refractivity contribution in [3.05, 3.63) is 71.3 Å². The minimum Gasteiger partial charge on any atom is -0.331 e. The van der Waals surface area contributed by atoms with Gasteiger partial charge < -0.3 is 21.3 Å². The second kappa shape index (κ2) is 6.53. The lowest BCUT2D eigenvalue weighted by molar-refractivity contribution is 0.130. The molecule has 4 amide bonds. The molecule has 2 aliphatic heterocycles. The number of benzene rings is 2. The number of carbonyl (C=O) groups is 2. The van der Waals surface area contributed by atoms with Crippen LogP contribution in [0.1, 0.15) is 36.1 Å². The van der Waals surface area contributed by atoms with Crippen LogP contribution in [-0.4, -0.2) is 17.7 Å². The number of nitrogens with one attached hydrogen (secondary N) is 4. The summed E-state index contributed by atoms with van der Waals surface area (Å²) in [5, 5.41) is 11.2. The summed E-state index contributed by atoms with van der Waals surface area (Å²) in [7, 11) is 0. The Hall–Kier alpha value is -3.16. The van der Waals surface area contributed by atoms with E-state index in [-0.39, 0.29) is 23.7 Å². The van der Waals surface area contributed by atoms with Crippen LogP contribution >= 0.6 is 0 Å². The SMILES string of the molecule is O=C1NC(c2ccc(F)cc2)CC2(CC(c3ccc(F)cc3)NC(=O)N2)N1. The molecule has 0 saturated carbocycles. The molecule has 2 aromatic carbocycles. The smallest absolute Gasteiger partial charge is 0.317 e. The van der Waals surface area contributed by atoms with Crippen molar-refractivity contribution in [3.63, 3.8) is 0 Å². The highest BCUT2D eigenvalue weighted by Gasteiger charge is 2.46. The maximum Gasteiger partial charge on any atom is 0.317 e. The van der Waals surface area contributed by atoms with Crippen LogP contribution in [0.5, 0.6) is 0 Å². The fourth-order valence-corrected chi connectivity index (χ4v) is 3.73. The molecule has 6 nitrogen and oxygen atoms in total. The quantitative estimate of drug-likeness (QED) is 0.654. The molecular weight excluding hydrogens is 354 g/mol. The summed E-state index contributed by atoms with van der Waals surface area (Å²) >= 11 is 0. The lowest BCUT2D eigenvalue weighted by atomic mass is 9.84. The number of carbonyl (C=O) groups excluding carboxylic acids is 2. The van der Waals surface area contributed by atoms with Crippen LogP contribution in [0.2, 0.25) is 0 Å². The highest BCUT2D eigenvalue weighted by molar-refractivity contribution is 5.81. The summed E-state index contributed by atoms with van der Waals surface area (Å²) in [6, 6.07) is 10.2. The normalized spacial score (nSPS) is 27.3. The maximum atomic E-state index is 13.2. The lowest BCUT2D eigenvalue weighted by Gasteiger charge is -2.47. The average Bonchev–Trinajstić information content (AvgIpc) is 2.61. The molecule has 0 bridgehead atoms. The van der Waals surface area contributed by atoms with Crippen molar-refractivity contribution in [2.75, 3.05) is 0 Å². The molecule has 27 heavy (non-hydrogen) atoms. The first-order chi connectivity index (χ1) is 12.9. The van der Waals surface area contributed by atoms with Crippen molar-refractivity contribution in [3.8, 4) is 0 Å². The zero-order valence-electron chi connectivity index (χ0n) is 14.3. The number of halogens is 2. The number of amides is 4. The van der Waals surface area contributed by atoms with Crippen LogP contribution in [0.4, 0.5) is 18.4 Å². The fourth-order valence-electron chi connectivity index (χ4n) is 3.73. The van der Waals surface area contributed by atoms with Gasteiger partial charge in [0, 0.05) is 12.8 Å². The first-order valence-corrected chi connectivity index (χ1v) is 8.61. The van der Waals surface area contributed by atoms with Crippen LogP contribution < -0.4 is 21.3 Å². The molecule has 2 aliphatic rings. The molecule has 0 aromatic heterocycles. The predicted molar refractivity (Wildman–Crippen MR) is 93.6 cm³/mol. The molecule has 4 rings (SSSR count). The summed E-state index contributed by atoms with van der Waals surface area (Å²) in [6.07, 6.45) is 0.769. The molecular formula is C19H18F2N4O2. The molecule has 0 aliphatic carbocycles. The fraction of sp³-hybridized carbons (Fsp3) is 0.263. The van der Waals surface area contributed by atoms with Crippen molar-refractivity contribution in [1.82, 2.24) is 21.3 Å². The van der Waals surface area contributed by atoms with Gasteiger partial charge in [0.15, 0.2) is 0 Å². The minimum atomic E-state index is -0.969. The van der Waals surface area contributed by atoms with Crippen LogP contribution in [0.3, 0.4) is 0 Å². The van der Waals surface area contributed by atoms with Crippen molar-refractivity contribution in [2.45, 2.75) is 30.6 Å². The van der Waals surface area contributed by atoms with E-state index in [0.29, 0.717) is 12.8 Å². The van der Waals surface area contributed by atoms with E-state index < -0.39 is 17.7 Å². The lowest BCUT2D eigenvalue weighted by Crippen LogP contribution is -2.72. The zero-order valence-corrected chi connectivity index (χ0v) is 14.3. The Kier molecular flexibility index (Phi) is 4.18. The number of hydrogen-bond acceptors (Lipinski definition) is 2. The molecule has 2 fully saturated rings. The Balaban J connectivity index is 1.61. The molecule has 8 heteroatoms. The zero-order chi connectivity index (χ0) is 19.0. The second-order valence-corrected chi connectivity index (χ2v) is 6.90. The van der Waals surface area contributed by atoms with Gasteiger partial charge in [0.05, 0.1) is 12.1 Å². The molecule has 0 radical (unpaired) electrons. The van der Waals surface area contributed by atoms with E-state index in [9.17, 15) is 18.4 Å². The van der Waals surface area contributed by atoms with Crippen molar-refractivity contribution < 1.29 is 18.4 Å². The molecule has 2 aromatic rings. The van der Waals surface area contributed by atoms with Gasteiger partial charge in [-0.1, -0.05) is 24.3 Å². The third-order valence-electron chi connectivity index (χ3n) is 4.97.